The summed E-state index contributed by atoms with van der Waals surface area (Å²) >= 11 is 0. The standard InChI is InChI=1S/C16H26N2O/c1-12-6-4-5-7-15(12)16(17)8-9-18-10-13(2)19-14(3)11-18/h4-7,13-14,16H,8-11,17H2,1-3H3. The van der Waals surface area contributed by atoms with Crippen molar-refractivity contribution in [2.75, 3.05) is 19.6 Å². The van der Waals surface area contributed by atoms with E-state index in [0.29, 0.717) is 12.2 Å². The lowest BCUT2D eigenvalue weighted by molar-refractivity contribution is -0.0684. The lowest BCUT2D eigenvalue weighted by Gasteiger charge is -2.35. The van der Waals surface area contributed by atoms with E-state index in [2.05, 4.69) is 49.9 Å². The van der Waals surface area contributed by atoms with Gasteiger partial charge in [0, 0.05) is 25.7 Å². The van der Waals surface area contributed by atoms with Gasteiger partial charge in [-0.15, -0.1) is 0 Å². The zero-order valence-corrected chi connectivity index (χ0v) is 12.3. The van der Waals surface area contributed by atoms with Crippen molar-refractivity contribution in [2.45, 2.75) is 45.4 Å². The van der Waals surface area contributed by atoms with E-state index in [4.69, 9.17) is 10.5 Å². The minimum atomic E-state index is 0.134. The number of hydrogen-bond acceptors (Lipinski definition) is 3. The zero-order chi connectivity index (χ0) is 13.8. The third-order valence-corrected chi connectivity index (χ3v) is 3.84. The molecule has 0 bridgehead atoms. The Morgan fingerprint density at radius 3 is 2.53 bits per heavy atom. The van der Waals surface area contributed by atoms with E-state index in [1.807, 2.05) is 0 Å². The summed E-state index contributed by atoms with van der Waals surface area (Å²) < 4.78 is 5.75. The number of morpholine rings is 1. The molecule has 1 fully saturated rings. The molecule has 1 heterocycles. The first-order valence-corrected chi connectivity index (χ1v) is 7.25. The second-order valence-corrected chi connectivity index (χ2v) is 5.77. The van der Waals surface area contributed by atoms with Crippen molar-refractivity contribution in [1.82, 2.24) is 4.90 Å². The molecular weight excluding hydrogens is 236 g/mol. The molecule has 0 aliphatic carbocycles. The topological polar surface area (TPSA) is 38.5 Å². The molecule has 1 aliphatic heterocycles. The van der Waals surface area contributed by atoms with Crippen molar-refractivity contribution in [3.63, 3.8) is 0 Å². The number of nitrogens with zero attached hydrogens (tertiary/aromatic N) is 1. The van der Waals surface area contributed by atoms with Crippen molar-refractivity contribution in [2.24, 2.45) is 5.73 Å². The van der Waals surface area contributed by atoms with Gasteiger partial charge in [-0.05, 0) is 38.3 Å². The molecule has 0 saturated carbocycles. The lowest BCUT2D eigenvalue weighted by atomic mass is 9.99. The minimum Gasteiger partial charge on any atom is -0.373 e. The van der Waals surface area contributed by atoms with E-state index < -0.39 is 0 Å². The fourth-order valence-corrected chi connectivity index (χ4v) is 2.95. The smallest absolute Gasteiger partial charge is 0.0678 e. The van der Waals surface area contributed by atoms with Gasteiger partial charge in [0.1, 0.15) is 0 Å². The molecule has 106 valence electrons. The van der Waals surface area contributed by atoms with Crippen LogP contribution in [0.2, 0.25) is 0 Å². The van der Waals surface area contributed by atoms with Gasteiger partial charge in [-0.25, -0.2) is 0 Å². The second kappa shape index (κ2) is 6.51. The Morgan fingerprint density at radius 1 is 1.26 bits per heavy atom. The summed E-state index contributed by atoms with van der Waals surface area (Å²) in [6, 6.07) is 8.55. The molecular formula is C16H26N2O. The van der Waals surface area contributed by atoms with Crippen LogP contribution in [0.15, 0.2) is 24.3 Å². The maximum absolute atomic E-state index is 6.32. The van der Waals surface area contributed by atoms with Crippen molar-refractivity contribution in [3.05, 3.63) is 35.4 Å². The monoisotopic (exact) mass is 262 g/mol. The SMILES string of the molecule is Cc1ccccc1C(N)CCN1CC(C)OC(C)C1. The highest BCUT2D eigenvalue weighted by Crippen LogP contribution is 2.19. The minimum absolute atomic E-state index is 0.134. The van der Waals surface area contributed by atoms with Gasteiger partial charge in [0.2, 0.25) is 0 Å². The van der Waals surface area contributed by atoms with Gasteiger partial charge >= 0.3 is 0 Å². The van der Waals surface area contributed by atoms with Gasteiger partial charge in [-0.3, -0.25) is 4.90 Å². The fourth-order valence-electron chi connectivity index (χ4n) is 2.95. The Hall–Kier alpha value is -0.900. The Labute approximate surface area is 116 Å². The molecule has 1 aromatic carbocycles. The molecule has 0 aromatic heterocycles. The van der Waals surface area contributed by atoms with Gasteiger partial charge in [0.25, 0.3) is 0 Å². The number of ether oxygens (including phenoxy) is 1. The van der Waals surface area contributed by atoms with E-state index in [1.165, 1.54) is 11.1 Å². The van der Waals surface area contributed by atoms with Crippen LogP contribution in [-0.2, 0) is 4.74 Å². The summed E-state index contributed by atoms with van der Waals surface area (Å²) in [6.45, 7) is 9.51. The van der Waals surface area contributed by atoms with Crippen molar-refractivity contribution in [1.29, 1.82) is 0 Å². The zero-order valence-electron chi connectivity index (χ0n) is 12.3. The van der Waals surface area contributed by atoms with Crippen molar-refractivity contribution in [3.8, 4) is 0 Å². The average Bonchev–Trinajstić information content (AvgIpc) is 2.35. The van der Waals surface area contributed by atoms with Gasteiger partial charge in [-0.1, -0.05) is 24.3 Å². The summed E-state index contributed by atoms with van der Waals surface area (Å²) in [5.41, 5.74) is 8.89. The number of hydrogen-bond donors (Lipinski definition) is 1. The Morgan fingerprint density at radius 2 is 1.89 bits per heavy atom. The largest absolute Gasteiger partial charge is 0.373 e. The highest BCUT2D eigenvalue weighted by Gasteiger charge is 2.22. The fraction of sp³-hybridized carbons (Fsp3) is 0.625. The molecule has 19 heavy (non-hydrogen) atoms. The number of benzene rings is 1. The van der Waals surface area contributed by atoms with E-state index in [0.717, 1.165) is 26.1 Å². The summed E-state index contributed by atoms with van der Waals surface area (Å²) in [5.74, 6) is 0. The van der Waals surface area contributed by atoms with Crippen LogP contribution in [0.5, 0.6) is 0 Å². The molecule has 1 aromatic rings. The van der Waals surface area contributed by atoms with E-state index in [-0.39, 0.29) is 6.04 Å². The number of rotatable bonds is 4. The van der Waals surface area contributed by atoms with Crippen LogP contribution in [0.3, 0.4) is 0 Å². The van der Waals surface area contributed by atoms with Crippen LogP contribution < -0.4 is 5.73 Å². The van der Waals surface area contributed by atoms with Crippen LogP contribution in [-0.4, -0.2) is 36.7 Å². The maximum Gasteiger partial charge on any atom is 0.0678 e. The molecule has 2 N–H and O–H groups in total. The number of aryl methyl sites for hydroxylation is 1. The summed E-state index contributed by atoms with van der Waals surface area (Å²) in [7, 11) is 0. The predicted molar refractivity (Wildman–Crippen MR) is 79.2 cm³/mol. The quantitative estimate of drug-likeness (QED) is 0.906. The predicted octanol–water partition coefficient (Wildman–Crippen LogP) is 2.49. The highest BCUT2D eigenvalue weighted by molar-refractivity contribution is 5.28. The Balaban J connectivity index is 1.87. The maximum atomic E-state index is 6.32. The number of nitrogens with two attached hydrogens (primary N) is 1. The molecule has 0 radical (unpaired) electrons. The van der Waals surface area contributed by atoms with E-state index in [9.17, 15) is 0 Å². The Bertz CT molecular complexity index is 397. The van der Waals surface area contributed by atoms with Crippen LogP contribution >= 0.6 is 0 Å². The van der Waals surface area contributed by atoms with E-state index in [1.54, 1.807) is 0 Å². The first kappa shape index (κ1) is 14.5. The van der Waals surface area contributed by atoms with Crippen LogP contribution in [0, 0.1) is 6.92 Å². The van der Waals surface area contributed by atoms with E-state index >= 15 is 0 Å². The summed E-state index contributed by atoms with van der Waals surface area (Å²) in [6.07, 6.45) is 1.67. The van der Waals surface area contributed by atoms with Gasteiger partial charge in [0.05, 0.1) is 12.2 Å². The van der Waals surface area contributed by atoms with Gasteiger partial charge in [-0.2, -0.15) is 0 Å². The third kappa shape index (κ3) is 4.03. The molecule has 3 atom stereocenters. The molecule has 1 aliphatic rings. The molecule has 1 saturated heterocycles. The summed E-state index contributed by atoms with van der Waals surface area (Å²) in [5, 5.41) is 0. The molecule has 3 unspecified atom stereocenters. The van der Waals surface area contributed by atoms with Crippen molar-refractivity contribution >= 4 is 0 Å². The second-order valence-electron chi connectivity index (χ2n) is 5.77. The lowest BCUT2D eigenvalue weighted by Crippen LogP contribution is -2.46. The highest BCUT2D eigenvalue weighted by atomic mass is 16.5. The van der Waals surface area contributed by atoms with Crippen molar-refractivity contribution < 1.29 is 4.74 Å². The van der Waals surface area contributed by atoms with Gasteiger partial charge in [0.15, 0.2) is 0 Å². The molecule has 3 nitrogen and oxygen atoms in total. The van der Waals surface area contributed by atoms with Crippen LogP contribution in [0.4, 0.5) is 0 Å². The van der Waals surface area contributed by atoms with Gasteiger partial charge < -0.3 is 10.5 Å². The summed E-state index contributed by atoms with van der Waals surface area (Å²) in [4.78, 5) is 2.47. The molecule has 0 amide bonds. The third-order valence-electron chi connectivity index (χ3n) is 3.84. The Kier molecular flexibility index (Phi) is 4.97. The average molecular weight is 262 g/mol. The van der Waals surface area contributed by atoms with Crippen LogP contribution in [0.25, 0.3) is 0 Å². The molecule has 0 spiro atoms. The first-order chi connectivity index (χ1) is 9.06. The first-order valence-electron chi connectivity index (χ1n) is 7.25. The van der Waals surface area contributed by atoms with Crippen LogP contribution in [0.1, 0.15) is 37.4 Å². The normalized spacial score (nSPS) is 26.3. The molecule has 2 rings (SSSR count). The molecule has 3 heteroatoms.